The summed E-state index contributed by atoms with van der Waals surface area (Å²) in [7, 11) is 0. The van der Waals surface area contributed by atoms with Crippen molar-refractivity contribution in [1.29, 1.82) is 0 Å². The Balaban J connectivity index is 1.92. The molecule has 2 rings (SSSR count). The van der Waals surface area contributed by atoms with Crippen LogP contribution in [0.4, 0.5) is 0 Å². The van der Waals surface area contributed by atoms with Crippen LogP contribution in [0.5, 0.6) is 0 Å². The lowest BCUT2D eigenvalue weighted by Crippen LogP contribution is -2.35. The molecule has 0 aromatic heterocycles. The number of benzene rings is 1. The van der Waals surface area contributed by atoms with Crippen LogP contribution in [0.25, 0.3) is 0 Å². The van der Waals surface area contributed by atoms with Gasteiger partial charge in [-0.2, -0.15) is 0 Å². The van der Waals surface area contributed by atoms with E-state index in [0.717, 1.165) is 38.2 Å². The predicted octanol–water partition coefficient (Wildman–Crippen LogP) is 1.05. The number of hydrogen-bond acceptors (Lipinski definition) is 2. The van der Waals surface area contributed by atoms with Crippen molar-refractivity contribution in [1.82, 2.24) is 10.2 Å². The van der Waals surface area contributed by atoms with Gasteiger partial charge in [-0.1, -0.05) is 30.3 Å². The number of rotatable bonds is 2. The SMILES string of the molecule is O=C(Cc1ccccc1)N1CCCNCC1. The van der Waals surface area contributed by atoms with Gasteiger partial charge in [0.2, 0.25) is 5.91 Å². The Morgan fingerprint density at radius 2 is 2.00 bits per heavy atom. The summed E-state index contributed by atoms with van der Waals surface area (Å²) in [6, 6.07) is 9.95. The van der Waals surface area contributed by atoms with Crippen LogP contribution in [0.3, 0.4) is 0 Å². The maximum absolute atomic E-state index is 12.0. The lowest BCUT2D eigenvalue weighted by atomic mass is 10.1. The van der Waals surface area contributed by atoms with Crippen molar-refractivity contribution in [2.75, 3.05) is 26.2 Å². The minimum Gasteiger partial charge on any atom is -0.341 e. The molecular weight excluding hydrogens is 200 g/mol. The van der Waals surface area contributed by atoms with Gasteiger partial charge in [0.1, 0.15) is 0 Å². The topological polar surface area (TPSA) is 32.3 Å². The molecule has 86 valence electrons. The van der Waals surface area contributed by atoms with Crippen LogP contribution >= 0.6 is 0 Å². The van der Waals surface area contributed by atoms with E-state index >= 15 is 0 Å². The lowest BCUT2D eigenvalue weighted by molar-refractivity contribution is -0.130. The van der Waals surface area contributed by atoms with Crippen LogP contribution in [-0.2, 0) is 11.2 Å². The highest BCUT2D eigenvalue weighted by atomic mass is 16.2. The second-order valence-electron chi connectivity index (χ2n) is 4.15. The maximum atomic E-state index is 12.0. The largest absolute Gasteiger partial charge is 0.341 e. The summed E-state index contributed by atoms with van der Waals surface area (Å²) in [4.78, 5) is 14.0. The molecule has 0 atom stereocenters. The summed E-state index contributed by atoms with van der Waals surface area (Å²) in [5, 5.41) is 3.30. The lowest BCUT2D eigenvalue weighted by Gasteiger charge is -2.19. The second kappa shape index (κ2) is 5.66. The molecule has 3 nitrogen and oxygen atoms in total. The van der Waals surface area contributed by atoms with Crippen molar-refractivity contribution in [3.8, 4) is 0 Å². The van der Waals surface area contributed by atoms with Crippen molar-refractivity contribution in [2.24, 2.45) is 0 Å². The molecule has 1 N–H and O–H groups in total. The van der Waals surface area contributed by atoms with Gasteiger partial charge in [0.15, 0.2) is 0 Å². The number of nitrogens with one attached hydrogen (secondary N) is 1. The van der Waals surface area contributed by atoms with Gasteiger partial charge in [0.25, 0.3) is 0 Å². The standard InChI is InChI=1S/C13H18N2O/c16-13(11-12-5-2-1-3-6-12)15-9-4-7-14-8-10-15/h1-3,5-6,14H,4,7-11H2. The van der Waals surface area contributed by atoms with Crippen LogP contribution < -0.4 is 5.32 Å². The highest BCUT2D eigenvalue weighted by Crippen LogP contribution is 2.04. The van der Waals surface area contributed by atoms with E-state index in [1.807, 2.05) is 35.2 Å². The number of carbonyl (C=O) groups excluding carboxylic acids is 1. The van der Waals surface area contributed by atoms with E-state index in [4.69, 9.17) is 0 Å². The maximum Gasteiger partial charge on any atom is 0.227 e. The molecule has 1 saturated heterocycles. The van der Waals surface area contributed by atoms with E-state index in [1.54, 1.807) is 0 Å². The number of carbonyl (C=O) groups is 1. The fourth-order valence-corrected chi connectivity index (χ4v) is 1.98. The summed E-state index contributed by atoms with van der Waals surface area (Å²) < 4.78 is 0. The zero-order valence-corrected chi connectivity index (χ0v) is 9.48. The quantitative estimate of drug-likeness (QED) is 0.804. The van der Waals surface area contributed by atoms with Gasteiger partial charge in [-0.15, -0.1) is 0 Å². The Morgan fingerprint density at radius 1 is 1.19 bits per heavy atom. The summed E-state index contributed by atoms with van der Waals surface area (Å²) in [5.74, 6) is 0.245. The minimum atomic E-state index is 0.245. The Kier molecular flexibility index (Phi) is 3.94. The van der Waals surface area contributed by atoms with E-state index in [1.165, 1.54) is 0 Å². The summed E-state index contributed by atoms with van der Waals surface area (Å²) in [5.41, 5.74) is 1.10. The molecule has 0 spiro atoms. The molecule has 1 aliphatic rings. The fraction of sp³-hybridized carbons (Fsp3) is 0.462. The first-order valence-corrected chi connectivity index (χ1v) is 5.89. The van der Waals surface area contributed by atoms with Crippen LogP contribution in [0.2, 0.25) is 0 Å². The first-order chi connectivity index (χ1) is 7.86. The Morgan fingerprint density at radius 3 is 2.81 bits per heavy atom. The van der Waals surface area contributed by atoms with E-state index in [-0.39, 0.29) is 5.91 Å². The van der Waals surface area contributed by atoms with Crippen LogP contribution in [-0.4, -0.2) is 37.0 Å². The second-order valence-corrected chi connectivity index (χ2v) is 4.15. The molecule has 1 amide bonds. The summed E-state index contributed by atoms with van der Waals surface area (Å²) in [6.45, 7) is 3.67. The average molecular weight is 218 g/mol. The van der Waals surface area contributed by atoms with Gasteiger partial charge in [0.05, 0.1) is 6.42 Å². The first-order valence-electron chi connectivity index (χ1n) is 5.89. The Hall–Kier alpha value is -1.35. The van der Waals surface area contributed by atoms with Gasteiger partial charge in [-0.05, 0) is 18.5 Å². The predicted molar refractivity (Wildman–Crippen MR) is 64.2 cm³/mol. The van der Waals surface area contributed by atoms with Gasteiger partial charge in [-0.3, -0.25) is 4.79 Å². The molecule has 0 unspecified atom stereocenters. The average Bonchev–Trinajstić information content (AvgIpc) is 2.59. The molecule has 3 heteroatoms. The number of amides is 1. The minimum absolute atomic E-state index is 0.245. The van der Waals surface area contributed by atoms with Crippen molar-refractivity contribution < 1.29 is 4.79 Å². The van der Waals surface area contributed by atoms with E-state index in [9.17, 15) is 4.79 Å². The van der Waals surface area contributed by atoms with Gasteiger partial charge in [0, 0.05) is 19.6 Å². The van der Waals surface area contributed by atoms with Gasteiger partial charge >= 0.3 is 0 Å². The third kappa shape index (κ3) is 3.07. The molecular formula is C13H18N2O. The third-order valence-electron chi connectivity index (χ3n) is 2.89. The molecule has 0 bridgehead atoms. The van der Waals surface area contributed by atoms with Crippen molar-refractivity contribution in [3.63, 3.8) is 0 Å². The van der Waals surface area contributed by atoms with Crippen molar-refractivity contribution in [3.05, 3.63) is 35.9 Å². The van der Waals surface area contributed by atoms with E-state index < -0.39 is 0 Å². The van der Waals surface area contributed by atoms with Crippen LogP contribution in [0.1, 0.15) is 12.0 Å². The third-order valence-corrected chi connectivity index (χ3v) is 2.89. The molecule has 0 aliphatic carbocycles. The first kappa shape index (κ1) is 11.1. The highest BCUT2D eigenvalue weighted by Gasteiger charge is 2.14. The highest BCUT2D eigenvalue weighted by molar-refractivity contribution is 5.78. The van der Waals surface area contributed by atoms with Gasteiger partial charge in [-0.25, -0.2) is 0 Å². The van der Waals surface area contributed by atoms with E-state index in [0.29, 0.717) is 6.42 Å². The number of hydrogen-bond donors (Lipinski definition) is 1. The molecule has 1 aliphatic heterocycles. The zero-order valence-electron chi connectivity index (χ0n) is 9.48. The van der Waals surface area contributed by atoms with E-state index in [2.05, 4.69) is 5.32 Å². The molecule has 1 heterocycles. The number of nitrogens with zero attached hydrogens (tertiary/aromatic N) is 1. The normalized spacial score (nSPS) is 16.9. The Bertz CT molecular complexity index is 329. The summed E-state index contributed by atoms with van der Waals surface area (Å²) in [6.07, 6.45) is 1.58. The molecule has 1 fully saturated rings. The summed E-state index contributed by atoms with van der Waals surface area (Å²) >= 11 is 0. The monoisotopic (exact) mass is 218 g/mol. The van der Waals surface area contributed by atoms with Crippen molar-refractivity contribution >= 4 is 5.91 Å². The van der Waals surface area contributed by atoms with Gasteiger partial charge < -0.3 is 10.2 Å². The molecule has 1 aromatic rings. The van der Waals surface area contributed by atoms with Crippen LogP contribution in [0.15, 0.2) is 30.3 Å². The molecule has 0 saturated carbocycles. The molecule has 1 aromatic carbocycles. The fourth-order valence-electron chi connectivity index (χ4n) is 1.98. The van der Waals surface area contributed by atoms with Crippen molar-refractivity contribution in [2.45, 2.75) is 12.8 Å². The van der Waals surface area contributed by atoms with Crippen LogP contribution in [0, 0.1) is 0 Å². The molecule has 16 heavy (non-hydrogen) atoms. The zero-order chi connectivity index (χ0) is 11.2. The smallest absolute Gasteiger partial charge is 0.227 e. The Labute approximate surface area is 96.5 Å². The molecule has 0 radical (unpaired) electrons.